The molecule has 2 fully saturated rings. The van der Waals surface area contributed by atoms with Crippen LogP contribution in [0.15, 0.2) is 17.0 Å². The number of ether oxygens (including phenoxy) is 1. The Morgan fingerprint density at radius 1 is 1.30 bits per heavy atom. The van der Waals surface area contributed by atoms with Crippen LogP contribution in [-0.2, 0) is 10.0 Å². The maximum absolute atomic E-state index is 14.1. The maximum atomic E-state index is 14.1. The van der Waals surface area contributed by atoms with Crippen LogP contribution in [-0.4, -0.2) is 39.0 Å². The van der Waals surface area contributed by atoms with Crippen molar-refractivity contribution < 1.29 is 17.5 Å². The molecule has 0 amide bonds. The molecule has 0 aromatic heterocycles. The molecule has 8 heteroatoms. The Morgan fingerprint density at radius 2 is 2.00 bits per heavy atom. The van der Waals surface area contributed by atoms with Crippen LogP contribution in [0.1, 0.15) is 18.4 Å². The van der Waals surface area contributed by atoms with Gasteiger partial charge in [0.05, 0.1) is 12.0 Å². The summed E-state index contributed by atoms with van der Waals surface area (Å²) in [7, 11) is -2.34. The van der Waals surface area contributed by atoms with E-state index in [1.165, 1.54) is 30.5 Å². The monoisotopic (exact) mass is 364 g/mol. The van der Waals surface area contributed by atoms with E-state index in [1.54, 1.807) is 0 Å². The van der Waals surface area contributed by atoms with Gasteiger partial charge in [0, 0.05) is 24.7 Å². The molecule has 2 aliphatic rings. The van der Waals surface area contributed by atoms with Gasteiger partial charge in [-0.2, -0.15) is 4.31 Å². The minimum absolute atomic E-state index is 0. The SMILES string of the molecule is COc1ccc(S(=O)(=O)N2CC3CCC(N)C3C2)c(C)c1F.Cl. The topological polar surface area (TPSA) is 72.6 Å². The van der Waals surface area contributed by atoms with Gasteiger partial charge in [-0.1, -0.05) is 0 Å². The molecule has 1 aliphatic heterocycles. The average molecular weight is 365 g/mol. The molecule has 130 valence electrons. The Hall–Kier alpha value is -0.890. The zero-order chi connectivity index (χ0) is 16.1. The summed E-state index contributed by atoms with van der Waals surface area (Å²) in [5.74, 6) is -0.0252. The predicted octanol–water partition coefficient (Wildman–Crippen LogP) is 1.92. The number of halogens is 2. The van der Waals surface area contributed by atoms with Crippen molar-refractivity contribution in [3.63, 3.8) is 0 Å². The number of fused-ring (bicyclic) bond motifs is 1. The highest BCUT2D eigenvalue weighted by Gasteiger charge is 2.45. The molecule has 1 aromatic rings. The summed E-state index contributed by atoms with van der Waals surface area (Å²) in [5.41, 5.74) is 6.16. The van der Waals surface area contributed by atoms with Crippen molar-refractivity contribution >= 4 is 22.4 Å². The van der Waals surface area contributed by atoms with Crippen LogP contribution < -0.4 is 10.5 Å². The maximum Gasteiger partial charge on any atom is 0.243 e. The second-order valence-electron chi connectivity index (χ2n) is 6.19. The molecular formula is C15H22ClFN2O3S. The van der Waals surface area contributed by atoms with E-state index < -0.39 is 15.8 Å². The Labute approximate surface area is 142 Å². The summed E-state index contributed by atoms with van der Waals surface area (Å²) < 4.78 is 46.1. The Morgan fingerprint density at radius 3 is 2.61 bits per heavy atom. The quantitative estimate of drug-likeness (QED) is 0.889. The molecular weight excluding hydrogens is 343 g/mol. The van der Waals surface area contributed by atoms with Gasteiger partial charge in [-0.05, 0) is 43.7 Å². The molecule has 3 unspecified atom stereocenters. The highest BCUT2D eigenvalue weighted by atomic mass is 35.5. The second-order valence-corrected chi connectivity index (χ2v) is 8.10. The van der Waals surface area contributed by atoms with Crippen molar-refractivity contribution in [2.24, 2.45) is 17.6 Å². The third kappa shape index (κ3) is 2.95. The molecule has 5 nitrogen and oxygen atoms in total. The first-order chi connectivity index (χ1) is 10.4. The van der Waals surface area contributed by atoms with Crippen molar-refractivity contribution in [1.29, 1.82) is 0 Å². The Bertz CT molecular complexity index is 698. The van der Waals surface area contributed by atoms with E-state index in [9.17, 15) is 12.8 Å². The lowest BCUT2D eigenvalue weighted by Gasteiger charge is -2.20. The fraction of sp³-hybridized carbons (Fsp3) is 0.600. The summed E-state index contributed by atoms with van der Waals surface area (Å²) in [6.07, 6.45) is 1.92. The number of hydrogen-bond acceptors (Lipinski definition) is 4. The van der Waals surface area contributed by atoms with Gasteiger partial charge in [0.1, 0.15) is 0 Å². The van der Waals surface area contributed by atoms with E-state index in [-0.39, 0.29) is 40.6 Å². The number of nitrogens with two attached hydrogens (primary N) is 1. The summed E-state index contributed by atoms with van der Waals surface area (Å²) in [4.78, 5) is 0.0133. The van der Waals surface area contributed by atoms with Crippen molar-refractivity contribution in [3.05, 3.63) is 23.5 Å². The summed E-state index contributed by atoms with van der Waals surface area (Å²) in [6.45, 7) is 2.38. The van der Waals surface area contributed by atoms with Gasteiger partial charge in [-0.15, -0.1) is 12.4 Å². The van der Waals surface area contributed by atoms with Crippen LogP contribution in [0.3, 0.4) is 0 Å². The lowest BCUT2D eigenvalue weighted by atomic mass is 9.98. The molecule has 1 heterocycles. The van der Waals surface area contributed by atoms with Crippen molar-refractivity contribution in [1.82, 2.24) is 4.31 Å². The van der Waals surface area contributed by atoms with Crippen molar-refractivity contribution in [3.8, 4) is 5.75 Å². The fourth-order valence-electron chi connectivity index (χ4n) is 3.68. The van der Waals surface area contributed by atoms with Gasteiger partial charge in [0.25, 0.3) is 0 Å². The van der Waals surface area contributed by atoms with E-state index in [2.05, 4.69) is 0 Å². The molecule has 23 heavy (non-hydrogen) atoms. The number of rotatable bonds is 3. The van der Waals surface area contributed by atoms with Crippen LogP contribution in [0.2, 0.25) is 0 Å². The normalized spacial score (nSPS) is 27.6. The lowest BCUT2D eigenvalue weighted by molar-refractivity contribution is 0.383. The second kappa shape index (κ2) is 6.55. The first-order valence-electron chi connectivity index (χ1n) is 7.45. The number of methoxy groups -OCH3 is 1. The van der Waals surface area contributed by atoms with Crippen LogP contribution in [0.25, 0.3) is 0 Å². The highest BCUT2D eigenvalue weighted by Crippen LogP contribution is 2.40. The van der Waals surface area contributed by atoms with E-state index in [1.807, 2.05) is 0 Å². The lowest BCUT2D eigenvalue weighted by Crippen LogP contribution is -2.33. The van der Waals surface area contributed by atoms with Crippen molar-refractivity contribution in [2.75, 3.05) is 20.2 Å². The molecule has 0 radical (unpaired) electrons. The van der Waals surface area contributed by atoms with Crippen LogP contribution in [0, 0.1) is 24.6 Å². The van der Waals surface area contributed by atoms with Crippen molar-refractivity contribution in [2.45, 2.75) is 30.7 Å². The van der Waals surface area contributed by atoms with Gasteiger partial charge < -0.3 is 10.5 Å². The molecule has 2 N–H and O–H groups in total. The Balaban J connectivity index is 0.00000192. The molecule has 1 saturated carbocycles. The predicted molar refractivity (Wildman–Crippen MR) is 87.9 cm³/mol. The summed E-state index contributed by atoms with van der Waals surface area (Å²) >= 11 is 0. The molecule has 1 aromatic carbocycles. The van der Waals surface area contributed by atoms with Gasteiger partial charge in [-0.25, -0.2) is 12.8 Å². The molecule has 0 spiro atoms. The third-order valence-corrected chi connectivity index (χ3v) is 6.99. The van der Waals surface area contributed by atoms with Crippen LogP contribution in [0.4, 0.5) is 4.39 Å². The fourth-order valence-corrected chi connectivity index (χ4v) is 5.43. The van der Waals surface area contributed by atoms with Crippen LogP contribution >= 0.6 is 12.4 Å². The molecule has 3 rings (SSSR count). The van der Waals surface area contributed by atoms with Crippen LogP contribution in [0.5, 0.6) is 5.75 Å². The number of sulfonamides is 1. The number of benzene rings is 1. The Kier molecular flexibility index (Phi) is 5.25. The van der Waals surface area contributed by atoms with E-state index in [0.29, 0.717) is 19.0 Å². The highest BCUT2D eigenvalue weighted by molar-refractivity contribution is 7.89. The third-order valence-electron chi connectivity index (χ3n) is 5.02. The zero-order valence-electron chi connectivity index (χ0n) is 13.2. The first-order valence-corrected chi connectivity index (χ1v) is 8.89. The molecule has 3 atom stereocenters. The summed E-state index contributed by atoms with van der Waals surface area (Å²) in [6, 6.07) is 2.84. The zero-order valence-corrected chi connectivity index (χ0v) is 14.8. The van der Waals surface area contributed by atoms with E-state index in [4.69, 9.17) is 10.5 Å². The number of nitrogens with zero attached hydrogens (tertiary/aromatic N) is 1. The largest absolute Gasteiger partial charge is 0.494 e. The number of hydrogen-bond donors (Lipinski definition) is 1. The molecule has 0 bridgehead atoms. The van der Waals surface area contributed by atoms with Gasteiger partial charge in [-0.3, -0.25) is 0 Å². The minimum atomic E-state index is -3.70. The van der Waals surface area contributed by atoms with E-state index in [0.717, 1.165) is 12.8 Å². The minimum Gasteiger partial charge on any atom is -0.494 e. The average Bonchev–Trinajstić information content (AvgIpc) is 3.05. The smallest absolute Gasteiger partial charge is 0.243 e. The van der Waals surface area contributed by atoms with E-state index >= 15 is 0 Å². The first kappa shape index (κ1) is 18.4. The summed E-state index contributed by atoms with van der Waals surface area (Å²) in [5, 5.41) is 0. The van der Waals surface area contributed by atoms with Gasteiger partial charge >= 0.3 is 0 Å². The molecule has 1 saturated heterocycles. The van der Waals surface area contributed by atoms with Gasteiger partial charge in [0.15, 0.2) is 11.6 Å². The van der Waals surface area contributed by atoms with Gasteiger partial charge in [0.2, 0.25) is 10.0 Å². The molecule has 1 aliphatic carbocycles. The standard InChI is InChI=1S/C15H21FN2O3S.ClH/c1-9-14(6-5-13(21-2)15(9)16)22(19,20)18-7-10-3-4-12(17)11(10)8-18;/h5-6,10-12H,3-4,7-8,17H2,1-2H3;1H.